The first-order valence-corrected chi connectivity index (χ1v) is 9.07. The lowest BCUT2D eigenvalue weighted by Crippen LogP contribution is -2.32. The van der Waals surface area contributed by atoms with Crippen LogP contribution in [-0.2, 0) is 4.79 Å². The maximum Gasteiger partial charge on any atom is 0.258 e. The fraction of sp³-hybridized carbons (Fsp3) is 0.409. The summed E-state index contributed by atoms with van der Waals surface area (Å²) in [6.07, 6.45) is 0. The summed E-state index contributed by atoms with van der Waals surface area (Å²) in [5.74, 6) is 1.84. The van der Waals surface area contributed by atoms with E-state index in [9.17, 15) is 4.79 Å². The molecule has 140 valence electrons. The Balaban J connectivity index is 1.78. The Hall–Kier alpha value is -2.49. The van der Waals surface area contributed by atoms with E-state index in [0.717, 1.165) is 33.8 Å². The molecule has 0 bridgehead atoms. The van der Waals surface area contributed by atoms with Crippen molar-refractivity contribution in [2.24, 2.45) is 0 Å². The van der Waals surface area contributed by atoms with Crippen LogP contribution in [0.1, 0.15) is 42.0 Å². The fourth-order valence-electron chi connectivity index (χ4n) is 2.65. The lowest BCUT2D eigenvalue weighted by atomic mass is 10.0. The van der Waals surface area contributed by atoms with Crippen LogP contribution in [0.3, 0.4) is 0 Å². The summed E-state index contributed by atoms with van der Waals surface area (Å²) in [5.41, 5.74) is 4.47. The normalized spacial score (nSPS) is 10.7. The standard InChI is InChI=1S/C22H29NO3/c1-15(2)19-9-7-17(4)13-21(19)26-14-22(24)23-10-11-25-20-12-16(3)6-8-18(20)5/h6-9,12-13,15H,10-11,14H2,1-5H3,(H,23,24). The van der Waals surface area contributed by atoms with E-state index >= 15 is 0 Å². The first-order chi connectivity index (χ1) is 12.4. The van der Waals surface area contributed by atoms with Crippen molar-refractivity contribution >= 4 is 5.91 Å². The molecule has 4 nitrogen and oxygen atoms in total. The number of carbonyl (C=O) groups excluding carboxylic acids is 1. The third-order valence-corrected chi connectivity index (χ3v) is 4.18. The van der Waals surface area contributed by atoms with Gasteiger partial charge in [-0.3, -0.25) is 4.79 Å². The van der Waals surface area contributed by atoms with E-state index in [4.69, 9.17) is 9.47 Å². The third kappa shape index (κ3) is 5.80. The van der Waals surface area contributed by atoms with Crippen molar-refractivity contribution in [2.45, 2.75) is 40.5 Å². The zero-order valence-corrected chi connectivity index (χ0v) is 16.4. The summed E-state index contributed by atoms with van der Waals surface area (Å²) in [6.45, 7) is 11.2. The van der Waals surface area contributed by atoms with Gasteiger partial charge in [-0.1, -0.05) is 38.1 Å². The quantitative estimate of drug-likeness (QED) is 0.718. The minimum Gasteiger partial charge on any atom is -0.491 e. The molecule has 4 heteroatoms. The molecule has 0 unspecified atom stereocenters. The highest BCUT2D eigenvalue weighted by molar-refractivity contribution is 5.77. The first-order valence-electron chi connectivity index (χ1n) is 9.07. The molecule has 0 heterocycles. The van der Waals surface area contributed by atoms with Gasteiger partial charge in [0.15, 0.2) is 6.61 Å². The highest BCUT2D eigenvalue weighted by Crippen LogP contribution is 2.27. The Morgan fingerprint density at radius 2 is 1.62 bits per heavy atom. The van der Waals surface area contributed by atoms with Crippen LogP contribution in [0, 0.1) is 20.8 Å². The number of hydrogen-bond acceptors (Lipinski definition) is 3. The van der Waals surface area contributed by atoms with Crippen molar-refractivity contribution in [1.82, 2.24) is 5.32 Å². The van der Waals surface area contributed by atoms with Crippen molar-refractivity contribution < 1.29 is 14.3 Å². The van der Waals surface area contributed by atoms with E-state index in [2.05, 4.69) is 37.4 Å². The number of carbonyl (C=O) groups is 1. The molecule has 0 spiro atoms. The van der Waals surface area contributed by atoms with Crippen LogP contribution in [0.2, 0.25) is 0 Å². The first kappa shape index (κ1) is 19.8. The van der Waals surface area contributed by atoms with Crippen LogP contribution in [0.25, 0.3) is 0 Å². The molecule has 2 aromatic rings. The smallest absolute Gasteiger partial charge is 0.258 e. The molecule has 0 radical (unpaired) electrons. The minimum atomic E-state index is -0.147. The molecule has 1 N–H and O–H groups in total. The van der Waals surface area contributed by atoms with Gasteiger partial charge in [0, 0.05) is 0 Å². The fourth-order valence-corrected chi connectivity index (χ4v) is 2.65. The van der Waals surface area contributed by atoms with E-state index in [-0.39, 0.29) is 12.5 Å². The van der Waals surface area contributed by atoms with Gasteiger partial charge in [0.1, 0.15) is 18.1 Å². The van der Waals surface area contributed by atoms with Gasteiger partial charge in [-0.2, -0.15) is 0 Å². The largest absolute Gasteiger partial charge is 0.491 e. The Kier molecular flexibility index (Phi) is 7.07. The van der Waals surface area contributed by atoms with Gasteiger partial charge in [0.05, 0.1) is 6.54 Å². The number of nitrogens with one attached hydrogen (secondary N) is 1. The number of benzene rings is 2. The monoisotopic (exact) mass is 355 g/mol. The third-order valence-electron chi connectivity index (χ3n) is 4.18. The second kappa shape index (κ2) is 9.27. The van der Waals surface area contributed by atoms with Crippen LogP contribution >= 0.6 is 0 Å². The Morgan fingerprint density at radius 1 is 0.962 bits per heavy atom. The van der Waals surface area contributed by atoms with E-state index < -0.39 is 0 Å². The van der Waals surface area contributed by atoms with E-state index in [1.54, 1.807) is 0 Å². The topological polar surface area (TPSA) is 47.6 Å². The number of aryl methyl sites for hydroxylation is 3. The average molecular weight is 355 g/mol. The molecule has 0 aromatic heterocycles. The van der Waals surface area contributed by atoms with Crippen molar-refractivity contribution in [3.8, 4) is 11.5 Å². The number of hydrogen-bond donors (Lipinski definition) is 1. The van der Waals surface area contributed by atoms with Crippen molar-refractivity contribution in [3.63, 3.8) is 0 Å². The van der Waals surface area contributed by atoms with E-state index in [0.29, 0.717) is 19.1 Å². The van der Waals surface area contributed by atoms with Gasteiger partial charge in [-0.05, 0) is 61.1 Å². The van der Waals surface area contributed by atoms with Gasteiger partial charge in [0.25, 0.3) is 5.91 Å². The highest BCUT2D eigenvalue weighted by atomic mass is 16.5. The lowest BCUT2D eigenvalue weighted by Gasteiger charge is -2.15. The number of ether oxygens (including phenoxy) is 2. The summed E-state index contributed by atoms with van der Waals surface area (Å²) in [5, 5.41) is 2.83. The van der Waals surface area contributed by atoms with Crippen LogP contribution < -0.4 is 14.8 Å². The zero-order valence-electron chi connectivity index (χ0n) is 16.4. The van der Waals surface area contributed by atoms with Crippen LogP contribution in [0.15, 0.2) is 36.4 Å². The second-order valence-electron chi connectivity index (χ2n) is 6.95. The van der Waals surface area contributed by atoms with Gasteiger partial charge in [-0.15, -0.1) is 0 Å². The molecule has 0 atom stereocenters. The summed E-state index contributed by atoms with van der Waals surface area (Å²) < 4.78 is 11.5. The second-order valence-corrected chi connectivity index (χ2v) is 6.95. The van der Waals surface area contributed by atoms with Crippen molar-refractivity contribution in [1.29, 1.82) is 0 Å². The number of amides is 1. The van der Waals surface area contributed by atoms with Crippen LogP contribution in [0.5, 0.6) is 11.5 Å². The summed E-state index contributed by atoms with van der Waals surface area (Å²) in [7, 11) is 0. The average Bonchev–Trinajstić information content (AvgIpc) is 2.59. The lowest BCUT2D eigenvalue weighted by molar-refractivity contribution is -0.123. The molecule has 0 saturated heterocycles. The van der Waals surface area contributed by atoms with Crippen molar-refractivity contribution in [2.75, 3.05) is 19.8 Å². The molecule has 2 rings (SSSR count). The van der Waals surface area contributed by atoms with Gasteiger partial charge in [-0.25, -0.2) is 0 Å². The maximum atomic E-state index is 12.0. The molecular formula is C22H29NO3. The van der Waals surface area contributed by atoms with Crippen LogP contribution in [0.4, 0.5) is 0 Å². The summed E-state index contributed by atoms with van der Waals surface area (Å²) >= 11 is 0. The van der Waals surface area contributed by atoms with E-state index in [1.807, 2.05) is 39.0 Å². The Morgan fingerprint density at radius 3 is 2.31 bits per heavy atom. The molecule has 0 aliphatic rings. The highest BCUT2D eigenvalue weighted by Gasteiger charge is 2.10. The molecule has 1 amide bonds. The molecule has 26 heavy (non-hydrogen) atoms. The molecule has 0 aliphatic heterocycles. The number of rotatable bonds is 8. The van der Waals surface area contributed by atoms with E-state index in [1.165, 1.54) is 0 Å². The minimum absolute atomic E-state index is 0.00659. The SMILES string of the molecule is Cc1ccc(C)c(OCCNC(=O)COc2cc(C)ccc2C(C)C)c1. The predicted molar refractivity (Wildman–Crippen MR) is 105 cm³/mol. The molecule has 2 aromatic carbocycles. The summed E-state index contributed by atoms with van der Waals surface area (Å²) in [6, 6.07) is 12.2. The van der Waals surface area contributed by atoms with Crippen molar-refractivity contribution in [3.05, 3.63) is 58.7 Å². The maximum absolute atomic E-state index is 12.0. The van der Waals surface area contributed by atoms with Gasteiger partial charge >= 0.3 is 0 Å². The molecule has 0 aliphatic carbocycles. The Labute approximate surface area is 156 Å². The summed E-state index contributed by atoms with van der Waals surface area (Å²) in [4.78, 5) is 12.0. The molecule has 0 fully saturated rings. The van der Waals surface area contributed by atoms with Gasteiger partial charge < -0.3 is 14.8 Å². The zero-order chi connectivity index (χ0) is 19.1. The van der Waals surface area contributed by atoms with Gasteiger partial charge in [0.2, 0.25) is 0 Å². The van der Waals surface area contributed by atoms with Crippen LogP contribution in [-0.4, -0.2) is 25.7 Å². The molecule has 0 saturated carbocycles. The Bertz CT molecular complexity index is 753. The predicted octanol–water partition coefficient (Wildman–Crippen LogP) is 4.31. The molecular weight excluding hydrogens is 326 g/mol.